The third-order valence-corrected chi connectivity index (χ3v) is 5.13. The van der Waals surface area contributed by atoms with Crippen LogP contribution in [0.25, 0.3) is 0 Å². The van der Waals surface area contributed by atoms with E-state index >= 15 is 0 Å². The number of urea groups is 1. The number of piperidine rings is 1. The number of amides is 2. The molecule has 1 aromatic rings. The van der Waals surface area contributed by atoms with E-state index in [-0.39, 0.29) is 18.0 Å². The van der Waals surface area contributed by atoms with E-state index in [0.717, 1.165) is 17.7 Å². The molecule has 2 N–H and O–H groups in total. The Morgan fingerprint density at radius 3 is 2.73 bits per heavy atom. The fraction of sp³-hybridized carbons (Fsp3) is 0.588. The van der Waals surface area contributed by atoms with E-state index < -0.39 is 6.10 Å². The summed E-state index contributed by atoms with van der Waals surface area (Å²) in [6, 6.07) is 8.19. The number of benzene rings is 1. The van der Waals surface area contributed by atoms with Crippen LogP contribution < -0.4 is 5.32 Å². The molecule has 3 atom stereocenters. The van der Waals surface area contributed by atoms with Gasteiger partial charge >= 0.3 is 6.03 Å². The van der Waals surface area contributed by atoms with Crippen LogP contribution >= 0.6 is 11.8 Å². The second-order valence-electron chi connectivity index (χ2n) is 5.95. The molecule has 0 saturated carbocycles. The van der Waals surface area contributed by atoms with E-state index in [9.17, 15) is 9.90 Å². The first-order chi connectivity index (χ1) is 10.5. The van der Waals surface area contributed by atoms with Gasteiger partial charge in [-0.1, -0.05) is 26.0 Å². The highest BCUT2D eigenvalue weighted by atomic mass is 32.2. The molecule has 22 heavy (non-hydrogen) atoms. The monoisotopic (exact) mass is 322 g/mol. The van der Waals surface area contributed by atoms with Crippen molar-refractivity contribution in [3.8, 4) is 0 Å². The molecule has 5 heteroatoms. The van der Waals surface area contributed by atoms with Crippen LogP contribution in [0.2, 0.25) is 0 Å². The third kappa shape index (κ3) is 4.40. The maximum absolute atomic E-state index is 12.3. The molecule has 0 aliphatic carbocycles. The van der Waals surface area contributed by atoms with Crippen LogP contribution in [0.1, 0.15) is 38.8 Å². The molecule has 1 saturated heterocycles. The molecule has 1 heterocycles. The van der Waals surface area contributed by atoms with Crippen LogP contribution in [-0.2, 0) is 0 Å². The van der Waals surface area contributed by atoms with E-state index in [1.807, 2.05) is 25.6 Å². The first kappa shape index (κ1) is 17.2. The predicted molar refractivity (Wildman–Crippen MR) is 91.1 cm³/mol. The van der Waals surface area contributed by atoms with Crippen molar-refractivity contribution in [3.63, 3.8) is 0 Å². The molecule has 122 valence electrons. The number of hydrogen-bond acceptors (Lipinski definition) is 3. The predicted octanol–water partition coefficient (Wildman–Crippen LogP) is 3.27. The number of nitrogens with one attached hydrogen (secondary N) is 1. The van der Waals surface area contributed by atoms with Gasteiger partial charge in [-0.2, -0.15) is 0 Å². The molecule has 0 spiro atoms. The van der Waals surface area contributed by atoms with Crippen molar-refractivity contribution in [1.29, 1.82) is 0 Å². The number of rotatable bonds is 4. The molecule has 2 amide bonds. The van der Waals surface area contributed by atoms with Gasteiger partial charge in [-0.3, -0.25) is 0 Å². The molecule has 1 aromatic carbocycles. The first-order valence-electron chi connectivity index (χ1n) is 7.97. The lowest BCUT2D eigenvalue weighted by Crippen LogP contribution is -2.50. The smallest absolute Gasteiger partial charge is 0.317 e. The van der Waals surface area contributed by atoms with E-state index in [1.165, 1.54) is 4.90 Å². The van der Waals surface area contributed by atoms with Crippen molar-refractivity contribution in [2.24, 2.45) is 5.92 Å². The number of likely N-dealkylation sites (tertiary alicyclic amines) is 1. The van der Waals surface area contributed by atoms with Crippen molar-refractivity contribution in [1.82, 2.24) is 10.2 Å². The SMILES string of the molecule is CCSc1ccc(C(C)NC(=O)N2CCC(C)C(O)C2)cc1. The Morgan fingerprint density at radius 2 is 2.14 bits per heavy atom. The van der Waals surface area contributed by atoms with Crippen molar-refractivity contribution < 1.29 is 9.90 Å². The summed E-state index contributed by atoms with van der Waals surface area (Å²) >= 11 is 1.81. The summed E-state index contributed by atoms with van der Waals surface area (Å²) in [4.78, 5) is 15.3. The molecule has 3 unspecified atom stereocenters. The van der Waals surface area contributed by atoms with E-state index in [0.29, 0.717) is 13.1 Å². The second-order valence-corrected chi connectivity index (χ2v) is 7.29. The summed E-state index contributed by atoms with van der Waals surface area (Å²) in [6.45, 7) is 7.28. The highest BCUT2D eigenvalue weighted by Gasteiger charge is 2.27. The zero-order valence-corrected chi connectivity index (χ0v) is 14.4. The van der Waals surface area contributed by atoms with Gasteiger partial charge in [0.1, 0.15) is 0 Å². The lowest BCUT2D eigenvalue weighted by atomic mass is 9.96. The summed E-state index contributed by atoms with van der Waals surface area (Å²) < 4.78 is 0. The average Bonchev–Trinajstić information content (AvgIpc) is 2.51. The molecule has 0 aromatic heterocycles. The van der Waals surface area contributed by atoms with Gasteiger partial charge in [-0.25, -0.2) is 4.79 Å². The number of aliphatic hydroxyl groups excluding tert-OH is 1. The first-order valence-corrected chi connectivity index (χ1v) is 8.96. The second kappa shape index (κ2) is 7.88. The van der Waals surface area contributed by atoms with Gasteiger partial charge in [-0.05, 0) is 42.7 Å². The number of hydrogen-bond donors (Lipinski definition) is 2. The van der Waals surface area contributed by atoms with Crippen LogP contribution in [0, 0.1) is 5.92 Å². The van der Waals surface area contributed by atoms with Crippen LogP contribution in [-0.4, -0.2) is 41.0 Å². The zero-order chi connectivity index (χ0) is 16.1. The molecule has 4 nitrogen and oxygen atoms in total. The van der Waals surface area contributed by atoms with Gasteiger partial charge in [-0.15, -0.1) is 11.8 Å². The number of aliphatic hydroxyl groups is 1. The van der Waals surface area contributed by atoms with Crippen LogP contribution in [0.15, 0.2) is 29.2 Å². The highest BCUT2D eigenvalue weighted by Crippen LogP contribution is 2.21. The number of carbonyl (C=O) groups excluding carboxylic acids is 1. The van der Waals surface area contributed by atoms with E-state index in [2.05, 4.69) is 36.5 Å². The molecular formula is C17H26N2O2S. The zero-order valence-electron chi connectivity index (χ0n) is 13.6. The van der Waals surface area contributed by atoms with Crippen LogP contribution in [0.3, 0.4) is 0 Å². The lowest BCUT2D eigenvalue weighted by molar-refractivity contribution is 0.0431. The number of β-amino-alcohol motifs (C(OH)–C–C–N with tert-alkyl or cyclic N) is 1. The Hall–Kier alpha value is -1.20. The Labute approximate surface area is 137 Å². The van der Waals surface area contributed by atoms with Crippen molar-refractivity contribution in [2.45, 2.75) is 44.2 Å². The lowest BCUT2D eigenvalue weighted by Gasteiger charge is -2.35. The molecule has 1 fully saturated rings. The standard InChI is InChI=1S/C17H26N2O2S/c1-4-22-15-7-5-14(6-8-15)13(3)18-17(21)19-10-9-12(2)16(20)11-19/h5-8,12-13,16,20H,4,9-11H2,1-3H3,(H,18,21). The minimum atomic E-state index is -0.417. The molecular weight excluding hydrogens is 296 g/mol. The fourth-order valence-electron chi connectivity index (χ4n) is 2.61. The van der Waals surface area contributed by atoms with E-state index in [4.69, 9.17) is 0 Å². The summed E-state index contributed by atoms with van der Waals surface area (Å²) in [5.74, 6) is 1.33. The summed E-state index contributed by atoms with van der Waals surface area (Å²) in [5, 5.41) is 12.9. The normalized spacial score (nSPS) is 23.2. The Kier molecular flexibility index (Phi) is 6.15. The fourth-order valence-corrected chi connectivity index (χ4v) is 3.27. The van der Waals surface area contributed by atoms with Gasteiger partial charge in [0, 0.05) is 18.0 Å². The minimum absolute atomic E-state index is 0.0373. The molecule has 1 aliphatic rings. The topological polar surface area (TPSA) is 52.6 Å². The largest absolute Gasteiger partial charge is 0.391 e. The Balaban J connectivity index is 1.90. The highest BCUT2D eigenvalue weighted by molar-refractivity contribution is 7.99. The van der Waals surface area contributed by atoms with Gasteiger partial charge in [0.2, 0.25) is 0 Å². The van der Waals surface area contributed by atoms with Crippen molar-refractivity contribution in [3.05, 3.63) is 29.8 Å². The molecule has 1 aliphatic heterocycles. The summed E-state index contributed by atoms with van der Waals surface area (Å²) in [5.41, 5.74) is 1.10. The molecule has 2 rings (SSSR count). The number of thioether (sulfide) groups is 1. The van der Waals surface area contributed by atoms with E-state index in [1.54, 1.807) is 4.90 Å². The Morgan fingerprint density at radius 1 is 1.45 bits per heavy atom. The van der Waals surface area contributed by atoms with Gasteiger partial charge in [0.25, 0.3) is 0 Å². The van der Waals surface area contributed by atoms with Crippen LogP contribution in [0.5, 0.6) is 0 Å². The summed E-state index contributed by atoms with van der Waals surface area (Å²) in [6.07, 6.45) is 0.437. The maximum Gasteiger partial charge on any atom is 0.317 e. The molecule has 0 radical (unpaired) electrons. The maximum atomic E-state index is 12.3. The van der Waals surface area contributed by atoms with Gasteiger partial charge in [0.05, 0.1) is 12.1 Å². The van der Waals surface area contributed by atoms with Crippen LogP contribution in [0.4, 0.5) is 4.79 Å². The molecule has 0 bridgehead atoms. The van der Waals surface area contributed by atoms with Gasteiger partial charge in [0.15, 0.2) is 0 Å². The minimum Gasteiger partial charge on any atom is -0.391 e. The summed E-state index contributed by atoms with van der Waals surface area (Å²) in [7, 11) is 0. The number of carbonyl (C=O) groups is 1. The van der Waals surface area contributed by atoms with Gasteiger partial charge < -0.3 is 15.3 Å². The number of nitrogens with zero attached hydrogens (tertiary/aromatic N) is 1. The van der Waals surface area contributed by atoms with Crippen molar-refractivity contribution >= 4 is 17.8 Å². The quantitative estimate of drug-likeness (QED) is 0.837. The van der Waals surface area contributed by atoms with Crippen molar-refractivity contribution in [2.75, 3.05) is 18.8 Å². The average molecular weight is 322 g/mol. The Bertz CT molecular complexity index is 492. The third-order valence-electron chi connectivity index (χ3n) is 4.24.